The number of esters is 3. The minimum atomic E-state index is -0.806. The van der Waals surface area contributed by atoms with Crippen molar-refractivity contribution in [1.82, 2.24) is 0 Å². The van der Waals surface area contributed by atoms with E-state index in [2.05, 4.69) is 130 Å². The maximum Gasteiger partial charge on any atom is 0.306 e. The van der Waals surface area contributed by atoms with Crippen molar-refractivity contribution >= 4 is 17.9 Å². The number of carbonyl (C=O) groups is 3. The van der Waals surface area contributed by atoms with Crippen molar-refractivity contribution in [2.75, 3.05) is 13.2 Å². The van der Waals surface area contributed by atoms with Gasteiger partial charge in [0.2, 0.25) is 0 Å². The molecule has 0 rings (SSSR count). The highest BCUT2D eigenvalue weighted by molar-refractivity contribution is 5.71. The maximum atomic E-state index is 12.9. The van der Waals surface area contributed by atoms with E-state index >= 15 is 0 Å². The van der Waals surface area contributed by atoms with Gasteiger partial charge in [0.15, 0.2) is 6.10 Å². The number of hydrogen-bond donors (Lipinski definition) is 0. The molecule has 0 aliphatic carbocycles. The Labute approximate surface area is 438 Å². The van der Waals surface area contributed by atoms with E-state index < -0.39 is 6.10 Å². The first-order chi connectivity index (χ1) is 35.0. The first-order valence-electron chi connectivity index (χ1n) is 29.4. The fourth-order valence-electron chi connectivity index (χ4n) is 7.87. The third-order valence-corrected chi connectivity index (χ3v) is 12.3. The van der Waals surface area contributed by atoms with Crippen molar-refractivity contribution in [3.63, 3.8) is 0 Å². The first kappa shape index (κ1) is 67.1. The van der Waals surface area contributed by atoms with Gasteiger partial charge in [0.25, 0.3) is 0 Å². The summed E-state index contributed by atoms with van der Waals surface area (Å²) in [4.78, 5) is 38.2. The molecule has 0 amide bonds. The van der Waals surface area contributed by atoms with Crippen LogP contribution < -0.4 is 0 Å². The molecule has 0 fully saturated rings. The zero-order valence-corrected chi connectivity index (χ0v) is 46.2. The standard InChI is InChI=1S/C65H108O6/c1-4-7-10-13-16-19-22-25-27-29-30-31-32-33-34-36-37-40-43-46-49-52-55-58-64(67)70-61-62(60-69-63(66)57-54-51-48-45-42-39-24-21-18-15-12-9-6-3)71-65(68)59-56-53-50-47-44-41-38-35-28-26-23-20-17-14-11-8-5-2/h7,10,16-17,19-20,25-28,30-31,33-34,37,40,46,49,62H,4-6,8-9,11-15,18,21-24,29,32,35-36,38-39,41-45,47-48,50-61H2,1-3H3/b10-7-,19-16-,20-17-,27-25-,28-26-,31-30-,34-33-,40-37-,49-46-. The van der Waals surface area contributed by atoms with E-state index in [1.165, 1.54) is 116 Å². The molecule has 0 heterocycles. The van der Waals surface area contributed by atoms with Crippen LogP contribution >= 0.6 is 0 Å². The predicted molar refractivity (Wildman–Crippen MR) is 307 cm³/mol. The molecule has 6 heteroatoms. The summed E-state index contributed by atoms with van der Waals surface area (Å²) in [7, 11) is 0. The smallest absolute Gasteiger partial charge is 0.306 e. The van der Waals surface area contributed by atoms with E-state index in [1.54, 1.807) is 0 Å². The molecule has 0 bridgehead atoms. The number of allylic oxidation sites excluding steroid dienone is 18. The van der Waals surface area contributed by atoms with E-state index in [4.69, 9.17) is 14.2 Å². The Morgan fingerprint density at radius 1 is 0.296 bits per heavy atom. The molecule has 6 nitrogen and oxygen atoms in total. The van der Waals surface area contributed by atoms with Gasteiger partial charge in [0.05, 0.1) is 0 Å². The molecule has 1 atom stereocenters. The van der Waals surface area contributed by atoms with Crippen LogP contribution in [0.15, 0.2) is 109 Å². The second-order valence-corrected chi connectivity index (χ2v) is 19.2. The molecule has 0 spiro atoms. The maximum absolute atomic E-state index is 12.9. The zero-order chi connectivity index (χ0) is 51.4. The lowest BCUT2D eigenvalue weighted by atomic mass is 10.0. The summed E-state index contributed by atoms with van der Waals surface area (Å²) < 4.78 is 16.8. The highest BCUT2D eigenvalue weighted by Gasteiger charge is 2.19. The van der Waals surface area contributed by atoms with Gasteiger partial charge in [0.1, 0.15) is 13.2 Å². The minimum absolute atomic E-state index is 0.0986. The van der Waals surface area contributed by atoms with Crippen molar-refractivity contribution in [3.8, 4) is 0 Å². The largest absolute Gasteiger partial charge is 0.462 e. The highest BCUT2D eigenvalue weighted by Crippen LogP contribution is 2.15. The van der Waals surface area contributed by atoms with Crippen molar-refractivity contribution < 1.29 is 28.6 Å². The molecular formula is C65H108O6. The minimum Gasteiger partial charge on any atom is -0.462 e. The van der Waals surface area contributed by atoms with E-state index in [1.807, 2.05) is 0 Å². The van der Waals surface area contributed by atoms with E-state index in [9.17, 15) is 14.4 Å². The lowest BCUT2D eigenvalue weighted by Crippen LogP contribution is -2.30. The molecule has 404 valence electrons. The topological polar surface area (TPSA) is 78.9 Å². The van der Waals surface area contributed by atoms with Crippen LogP contribution in [0.4, 0.5) is 0 Å². The van der Waals surface area contributed by atoms with Gasteiger partial charge in [-0.1, -0.05) is 252 Å². The molecule has 0 aromatic rings. The summed E-state index contributed by atoms with van der Waals surface area (Å²) in [6.45, 7) is 6.45. The van der Waals surface area contributed by atoms with Crippen LogP contribution in [0, 0.1) is 0 Å². The monoisotopic (exact) mass is 985 g/mol. The molecule has 0 saturated carbocycles. The van der Waals surface area contributed by atoms with Gasteiger partial charge in [0, 0.05) is 19.3 Å². The van der Waals surface area contributed by atoms with Gasteiger partial charge in [-0.2, -0.15) is 0 Å². The van der Waals surface area contributed by atoms with Crippen molar-refractivity contribution in [2.24, 2.45) is 0 Å². The van der Waals surface area contributed by atoms with Crippen LogP contribution in [0.3, 0.4) is 0 Å². The SMILES string of the molecule is CC/C=C\C/C=C\C/C=C\C/C=C\C/C=C\C/C=C\C/C=C\CCCC(=O)OCC(COC(=O)CCCCCCCCCCCCCCC)OC(=O)CCCCCCCCC/C=C\C/C=C\CCCCC. The number of rotatable bonds is 52. The average molecular weight is 986 g/mol. The third-order valence-electron chi connectivity index (χ3n) is 12.3. The fourth-order valence-corrected chi connectivity index (χ4v) is 7.87. The van der Waals surface area contributed by atoms with Crippen molar-refractivity contribution in [2.45, 2.75) is 271 Å². The van der Waals surface area contributed by atoms with Crippen molar-refractivity contribution in [1.29, 1.82) is 0 Å². The summed E-state index contributed by atoms with van der Waals surface area (Å²) in [5.74, 6) is -0.966. The highest BCUT2D eigenvalue weighted by atomic mass is 16.6. The Kier molecular flexibility index (Phi) is 55.4. The summed E-state index contributed by atoms with van der Waals surface area (Å²) >= 11 is 0. The van der Waals surface area contributed by atoms with Gasteiger partial charge < -0.3 is 14.2 Å². The average Bonchev–Trinajstić information content (AvgIpc) is 3.37. The lowest BCUT2D eigenvalue weighted by Gasteiger charge is -2.18. The molecule has 0 saturated heterocycles. The van der Waals surface area contributed by atoms with Gasteiger partial charge in [-0.3, -0.25) is 14.4 Å². The summed E-state index contributed by atoms with van der Waals surface area (Å²) in [6.07, 6.45) is 79.4. The van der Waals surface area contributed by atoms with Crippen LogP contribution in [-0.4, -0.2) is 37.2 Å². The van der Waals surface area contributed by atoms with Gasteiger partial charge in [-0.05, 0) is 103 Å². The molecular weight excluding hydrogens is 877 g/mol. The van der Waals surface area contributed by atoms with Crippen LogP contribution in [0.5, 0.6) is 0 Å². The Balaban J connectivity index is 4.48. The molecule has 0 N–H and O–H groups in total. The second kappa shape index (κ2) is 58.6. The summed E-state index contributed by atoms with van der Waals surface area (Å²) in [6, 6.07) is 0. The number of hydrogen-bond acceptors (Lipinski definition) is 6. The first-order valence-corrected chi connectivity index (χ1v) is 29.4. The fraction of sp³-hybridized carbons (Fsp3) is 0.677. The van der Waals surface area contributed by atoms with Crippen LogP contribution in [-0.2, 0) is 28.6 Å². The van der Waals surface area contributed by atoms with E-state index in [-0.39, 0.29) is 37.5 Å². The number of ether oxygens (including phenoxy) is 3. The Bertz CT molecular complexity index is 1460. The summed E-state index contributed by atoms with van der Waals surface area (Å²) in [5.41, 5.74) is 0. The Hall–Kier alpha value is -3.93. The molecule has 1 unspecified atom stereocenters. The number of carbonyl (C=O) groups excluding carboxylic acids is 3. The van der Waals surface area contributed by atoms with Crippen LogP contribution in [0.25, 0.3) is 0 Å². The van der Waals surface area contributed by atoms with E-state index in [0.29, 0.717) is 19.3 Å². The molecule has 0 aromatic carbocycles. The second-order valence-electron chi connectivity index (χ2n) is 19.2. The van der Waals surface area contributed by atoms with E-state index in [0.717, 1.165) is 103 Å². The predicted octanol–water partition coefficient (Wildman–Crippen LogP) is 19.9. The van der Waals surface area contributed by atoms with Crippen molar-refractivity contribution in [3.05, 3.63) is 109 Å². The van der Waals surface area contributed by atoms with Gasteiger partial charge in [-0.15, -0.1) is 0 Å². The third kappa shape index (κ3) is 56.9. The van der Waals surface area contributed by atoms with Gasteiger partial charge >= 0.3 is 17.9 Å². The normalized spacial score (nSPS) is 12.9. The molecule has 71 heavy (non-hydrogen) atoms. The molecule has 0 radical (unpaired) electrons. The zero-order valence-electron chi connectivity index (χ0n) is 46.2. The van der Waals surface area contributed by atoms with Crippen LogP contribution in [0.1, 0.15) is 265 Å². The Morgan fingerprint density at radius 3 is 0.944 bits per heavy atom. The molecule has 0 aliphatic heterocycles. The van der Waals surface area contributed by atoms with Gasteiger partial charge in [-0.25, -0.2) is 0 Å². The lowest BCUT2D eigenvalue weighted by molar-refractivity contribution is -0.167. The summed E-state index contributed by atoms with van der Waals surface area (Å²) in [5, 5.41) is 0. The quantitative estimate of drug-likeness (QED) is 0.0261. The van der Waals surface area contributed by atoms with Crippen LogP contribution in [0.2, 0.25) is 0 Å². The molecule has 0 aromatic heterocycles. The number of unbranched alkanes of at least 4 members (excludes halogenated alkanes) is 23. The Morgan fingerprint density at radius 2 is 0.563 bits per heavy atom. The molecule has 0 aliphatic rings.